The molecule has 0 N–H and O–H groups in total. The van der Waals surface area contributed by atoms with Crippen LogP contribution in [0.15, 0.2) is 141 Å². The molecule has 0 bridgehead atoms. The summed E-state index contributed by atoms with van der Waals surface area (Å²) in [4.78, 5) is 34.4. The third kappa shape index (κ3) is 6.14. The van der Waals surface area contributed by atoms with E-state index in [4.69, 9.17) is 9.73 Å². The molecule has 0 saturated carbocycles. The molecule has 49 heavy (non-hydrogen) atoms. The largest absolute Gasteiger partial charge is 0.463 e. The van der Waals surface area contributed by atoms with Crippen molar-refractivity contribution >= 4 is 35.1 Å². The fourth-order valence-corrected chi connectivity index (χ4v) is 7.80. The summed E-state index contributed by atoms with van der Waals surface area (Å²) in [5.74, 6) is -0.467. The zero-order valence-electron chi connectivity index (χ0n) is 27.7. The van der Waals surface area contributed by atoms with Crippen LogP contribution < -0.4 is 14.9 Å². The summed E-state index contributed by atoms with van der Waals surface area (Å²) in [6.45, 7) is 5.90. The van der Waals surface area contributed by atoms with Crippen molar-refractivity contribution in [3.8, 4) is 28.2 Å². The predicted octanol–water partition coefficient (Wildman–Crippen LogP) is 7.95. The van der Waals surface area contributed by atoms with E-state index in [1.165, 1.54) is 16.9 Å². The summed E-state index contributed by atoms with van der Waals surface area (Å²) in [7, 11) is 0. The molecule has 8 heteroatoms. The Morgan fingerprint density at radius 2 is 1.55 bits per heavy atom. The SMILES string of the molecule is CCOC(=O)C1=C(C)N=c2s/c(=C\c3cc(-c4ccccc4)n(-c4ccc(C)cc4)c3-c3ccccc3)c(=O)n2[C@@H]1c1ccc(SC)cc1. The smallest absolute Gasteiger partial charge is 0.338 e. The zero-order chi connectivity index (χ0) is 34.1. The molecule has 6 nitrogen and oxygen atoms in total. The molecule has 0 unspecified atom stereocenters. The van der Waals surface area contributed by atoms with Crippen molar-refractivity contribution in [3.05, 3.63) is 163 Å². The van der Waals surface area contributed by atoms with Gasteiger partial charge >= 0.3 is 5.97 Å². The van der Waals surface area contributed by atoms with Crippen LogP contribution in [0.5, 0.6) is 0 Å². The van der Waals surface area contributed by atoms with Crippen LogP contribution in [0.25, 0.3) is 34.3 Å². The van der Waals surface area contributed by atoms with Gasteiger partial charge in [0, 0.05) is 16.1 Å². The average molecular weight is 682 g/mol. The number of benzene rings is 4. The highest BCUT2D eigenvalue weighted by Gasteiger charge is 2.33. The Kier molecular flexibility index (Phi) is 9.08. The minimum atomic E-state index is -0.668. The summed E-state index contributed by atoms with van der Waals surface area (Å²) in [5.41, 5.74) is 8.70. The number of hydrogen-bond donors (Lipinski definition) is 0. The Morgan fingerprint density at radius 3 is 2.18 bits per heavy atom. The first-order chi connectivity index (χ1) is 23.9. The van der Waals surface area contributed by atoms with Gasteiger partial charge in [0.25, 0.3) is 5.56 Å². The number of nitrogens with zero attached hydrogens (tertiary/aromatic N) is 3. The van der Waals surface area contributed by atoms with Crippen LogP contribution in [-0.2, 0) is 9.53 Å². The van der Waals surface area contributed by atoms with E-state index in [9.17, 15) is 9.59 Å². The number of carbonyl (C=O) groups is 1. The fourth-order valence-electron chi connectivity index (χ4n) is 6.35. The second-order valence-corrected chi connectivity index (χ2v) is 13.7. The maximum Gasteiger partial charge on any atom is 0.338 e. The topological polar surface area (TPSA) is 65.6 Å². The van der Waals surface area contributed by atoms with E-state index in [0.717, 1.165) is 44.2 Å². The second-order valence-electron chi connectivity index (χ2n) is 11.8. The van der Waals surface area contributed by atoms with E-state index in [2.05, 4.69) is 66.1 Å². The maximum absolute atomic E-state index is 14.6. The number of esters is 1. The molecule has 0 saturated heterocycles. The van der Waals surface area contributed by atoms with Crippen molar-refractivity contribution < 1.29 is 9.53 Å². The lowest BCUT2D eigenvalue weighted by Crippen LogP contribution is -2.39. The zero-order valence-corrected chi connectivity index (χ0v) is 29.3. The van der Waals surface area contributed by atoms with E-state index < -0.39 is 12.0 Å². The molecule has 0 amide bonds. The lowest BCUT2D eigenvalue weighted by atomic mass is 9.96. The standard InChI is InChI=1S/C41H35N3O3S2/c1-5-47-40(46)36-27(3)42-41-44(38(36)30-18-22-33(48-4)23-19-30)39(45)35(49-41)25-31-24-34(28-12-8-6-9-13-28)43(32-20-16-26(2)17-21-32)37(31)29-14-10-7-11-15-29/h6-25,38H,5H2,1-4H3/b35-25-/t38-/m1/s1. The van der Waals surface area contributed by atoms with Crippen LogP contribution in [0, 0.1) is 6.92 Å². The number of aromatic nitrogens is 2. The average Bonchev–Trinajstić information content (AvgIpc) is 3.65. The Hall–Kier alpha value is -5.18. The van der Waals surface area contributed by atoms with Gasteiger partial charge in [-0.25, -0.2) is 9.79 Å². The van der Waals surface area contributed by atoms with E-state index in [1.54, 1.807) is 23.3 Å². The predicted molar refractivity (Wildman–Crippen MR) is 200 cm³/mol. The quantitative estimate of drug-likeness (QED) is 0.121. The number of rotatable bonds is 8. The maximum atomic E-state index is 14.6. The molecule has 1 aliphatic heterocycles. The molecule has 0 spiro atoms. The number of fused-ring (bicyclic) bond motifs is 1. The molecule has 3 heterocycles. The molecule has 1 aliphatic rings. The summed E-state index contributed by atoms with van der Waals surface area (Å²) in [5, 5.41) is 0. The fraction of sp³-hybridized carbons (Fsp3) is 0.146. The van der Waals surface area contributed by atoms with Crippen molar-refractivity contribution in [1.82, 2.24) is 9.13 Å². The van der Waals surface area contributed by atoms with Crippen molar-refractivity contribution in [3.63, 3.8) is 0 Å². The summed E-state index contributed by atoms with van der Waals surface area (Å²) in [6, 6.07) is 38.5. The minimum absolute atomic E-state index is 0.208. The first-order valence-corrected chi connectivity index (χ1v) is 18.2. The van der Waals surface area contributed by atoms with Crippen molar-refractivity contribution in [2.75, 3.05) is 12.9 Å². The molecule has 0 radical (unpaired) electrons. The Balaban J connectivity index is 1.50. The van der Waals surface area contributed by atoms with Crippen LogP contribution in [0.3, 0.4) is 0 Å². The van der Waals surface area contributed by atoms with E-state index in [1.807, 2.05) is 79.9 Å². The van der Waals surface area contributed by atoms with Gasteiger partial charge in [-0.05, 0) is 80.1 Å². The summed E-state index contributed by atoms with van der Waals surface area (Å²) in [6.07, 6.45) is 3.99. The van der Waals surface area contributed by atoms with Gasteiger partial charge < -0.3 is 9.30 Å². The number of allylic oxidation sites excluding steroid dienone is 1. The van der Waals surface area contributed by atoms with E-state index >= 15 is 0 Å². The Labute approximate surface area is 293 Å². The summed E-state index contributed by atoms with van der Waals surface area (Å²) < 4.78 is 9.95. The van der Waals surface area contributed by atoms with E-state index in [0.29, 0.717) is 20.6 Å². The highest BCUT2D eigenvalue weighted by Crippen LogP contribution is 2.37. The van der Waals surface area contributed by atoms with Crippen LogP contribution >= 0.6 is 23.1 Å². The van der Waals surface area contributed by atoms with Gasteiger partial charge in [0.1, 0.15) is 0 Å². The van der Waals surface area contributed by atoms with Crippen LogP contribution in [0.4, 0.5) is 0 Å². The van der Waals surface area contributed by atoms with Gasteiger partial charge in [-0.2, -0.15) is 0 Å². The van der Waals surface area contributed by atoms with Gasteiger partial charge in [-0.3, -0.25) is 9.36 Å². The van der Waals surface area contributed by atoms with Gasteiger partial charge in [0.2, 0.25) is 0 Å². The van der Waals surface area contributed by atoms with Crippen LogP contribution in [-0.4, -0.2) is 28.0 Å². The molecule has 2 aromatic heterocycles. The van der Waals surface area contributed by atoms with Gasteiger partial charge in [0.15, 0.2) is 4.80 Å². The first-order valence-electron chi connectivity index (χ1n) is 16.1. The molecular weight excluding hydrogens is 647 g/mol. The molecule has 1 atom stereocenters. The third-order valence-electron chi connectivity index (χ3n) is 8.67. The Bertz CT molecular complexity index is 2370. The molecule has 4 aromatic carbocycles. The monoisotopic (exact) mass is 681 g/mol. The van der Waals surface area contributed by atoms with Gasteiger partial charge in [-0.1, -0.05) is 102 Å². The molecule has 6 aromatic rings. The molecule has 0 aliphatic carbocycles. The van der Waals surface area contributed by atoms with Crippen molar-refractivity contribution in [2.24, 2.45) is 4.99 Å². The highest BCUT2D eigenvalue weighted by atomic mass is 32.2. The van der Waals surface area contributed by atoms with Crippen LogP contribution in [0.2, 0.25) is 0 Å². The lowest BCUT2D eigenvalue weighted by Gasteiger charge is -2.24. The summed E-state index contributed by atoms with van der Waals surface area (Å²) >= 11 is 2.97. The number of aryl methyl sites for hydroxylation is 1. The molecule has 0 fully saturated rings. The third-order valence-corrected chi connectivity index (χ3v) is 10.4. The molecular formula is C41H35N3O3S2. The second kappa shape index (κ2) is 13.7. The number of thioether (sulfide) groups is 1. The van der Waals surface area contributed by atoms with Crippen molar-refractivity contribution in [1.29, 1.82) is 0 Å². The normalized spacial score (nSPS) is 14.4. The van der Waals surface area contributed by atoms with Gasteiger partial charge in [-0.15, -0.1) is 11.8 Å². The number of hydrogen-bond acceptors (Lipinski definition) is 6. The highest BCUT2D eigenvalue weighted by molar-refractivity contribution is 7.98. The Morgan fingerprint density at radius 1 is 0.898 bits per heavy atom. The van der Waals surface area contributed by atoms with Crippen molar-refractivity contribution in [2.45, 2.75) is 31.7 Å². The molecule has 7 rings (SSSR count). The van der Waals surface area contributed by atoms with E-state index in [-0.39, 0.29) is 12.2 Å². The lowest BCUT2D eigenvalue weighted by molar-refractivity contribution is -0.139. The molecule has 244 valence electrons. The van der Waals surface area contributed by atoms with Crippen LogP contribution in [0.1, 0.15) is 36.6 Å². The number of carbonyl (C=O) groups excluding carboxylic acids is 1. The number of thiazole rings is 1. The minimum Gasteiger partial charge on any atom is -0.463 e. The first kappa shape index (κ1) is 32.4. The van der Waals surface area contributed by atoms with Gasteiger partial charge in [0.05, 0.1) is 39.8 Å². The number of ether oxygens (including phenoxy) is 1.